The summed E-state index contributed by atoms with van der Waals surface area (Å²) in [6, 6.07) is 4.50. The van der Waals surface area contributed by atoms with Crippen LogP contribution in [0.3, 0.4) is 0 Å². The number of nitrogens with two attached hydrogens (primary N) is 2. The average molecular weight is 248 g/mol. The Labute approximate surface area is 103 Å². The Hall–Kier alpha value is -2.57. The number of primary amides is 1. The Morgan fingerprint density at radius 2 is 1.83 bits per heavy atom. The fraction of sp³-hybridized carbons (Fsp3) is 0.182. The second-order valence-electron chi connectivity index (χ2n) is 3.97. The van der Waals surface area contributed by atoms with Gasteiger partial charge in [0.15, 0.2) is 0 Å². The van der Waals surface area contributed by atoms with Crippen molar-refractivity contribution in [2.24, 2.45) is 5.73 Å². The van der Waals surface area contributed by atoms with E-state index in [0.29, 0.717) is 11.4 Å². The number of nitrogens with zero attached hydrogens (tertiary/aromatic N) is 1. The number of imide groups is 1. The van der Waals surface area contributed by atoms with E-state index in [1.165, 1.54) is 12.1 Å². The van der Waals surface area contributed by atoms with Crippen LogP contribution >= 0.6 is 0 Å². The summed E-state index contributed by atoms with van der Waals surface area (Å²) in [7, 11) is 0. The second-order valence-corrected chi connectivity index (χ2v) is 3.97. The smallest absolute Gasteiger partial charge is 0.248 e. The summed E-state index contributed by atoms with van der Waals surface area (Å²) >= 11 is 0. The highest BCUT2D eigenvalue weighted by Crippen LogP contribution is 2.24. The lowest BCUT2D eigenvalue weighted by Crippen LogP contribution is -2.51. The molecule has 1 heterocycles. The largest absolute Gasteiger partial charge is 0.397 e. The van der Waals surface area contributed by atoms with Crippen molar-refractivity contribution >= 4 is 29.1 Å². The molecule has 18 heavy (non-hydrogen) atoms. The van der Waals surface area contributed by atoms with Crippen LogP contribution in [0.15, 0.2) is 18.2 Å². The molecular formula is C11H12N4O3. The number of nitrogen functional groups attached to an aromatic ring is 1. The van der Waals surface area contributed by atoms with E-state index in [2.05, 4.69) is 5.32 Å². The number of carbonyl (C=O) groups excluding carboxylic acids is 3. The summed E-state index contributed by atoms with van der Waals surface area (Å²) in [5, 5.41) is 2.19. The average Bonchev–Trinajstić information content (AvgIpc) is 2.27. The van der Waals surface area contributed by atoms with Crippen molar-refractivity contribution in [3.8, 4) is 0 Å². The number of carbonyl (C=O) groups is 3. The molecule has 0 unspecified atom stereocenters. The summed E-state index contributed by atoms with van der Waals surface area (Å²) in [5.74, 6) is -1.35. The fourth-order valence-electron chi connectivity index (χ4n) is 1.80. The molecule has 1 aliphatic rings. The third kappa shape index (κ3) is 2.24. The van der Waals surface area contributed by atoms with Crippen molar-refractivity contribution < 1.29 is 14.4 Å². The van der Waals surface area contributed by atoms with Gasteiger partial charge in [-0.2, -0.15) is 0 Å². The zero-order valence-electron chi connectivity index (χ0n) is 9.47. The van der Waals surface area contributed by atoms with E-state index in [1.807, 2.05) is 0 Å². The van der Waals surface area contributed by atoms with E-state index < -0.39 is 5.91 Å². The van der Waals surface area contributed by atoms with Crippen LogP contribution in [0, 0.1) is 0 Å². The number of rotatable bonds is 2. The molecular weight excluding hydrogens is 236 g/mol. The number of nitrogens with one attached hydrogen (secondary N) is 1. The Morgan fingerprint density at radius 1 is 1.22 bits per heavy atom. The van der Waals surface area contributed by atoms with E-state index in [-0.39, 0.29) is 30.5 Å². The molecule has 1 fully saturated rings. The van der Waals surface area contributed by atoms with Gasteiger partial charge in [-0.25, -0.2) is 0 Å². The van der Waals surface area contributed by atoms with Crippen LogP contribution in [0.25, 0.3) is 0 Å². The quantitative estimate of drug-likeness (QED) is 0.450. The third-order valence-electron chi connectivity index (χ3n) is 2.60. The predicted octanol–water partition coefficient (Wildman–Crippen LogP) is -1.17. The van der Waals surface area contributed by atoms with E-state index in [4.69, 9.17) is 11.5 Å². The van der Waals surface area contributed by atoms with Crippen LogP contribution in [-0.2, 0) is 9.59 Å². The number of benzene rings is 1. The first-order valence-corrected chi connectivity index (χ1v) is 5.24. The molecule has 94 valence electrons. The van der Waals surface area contributed by atoms with Gasteiger partial charge in [0, 0.05) is 5.56 Å². The minimum absolute atomic E-state index is 0.0475. The topological polar surface area (TPSA) is 119 Å². The van der Waals surface area contributed by atoms with Crippen molar-refractivity contribution in [2.45, 2.75) is 0 Å². The molecule has 1 aromatic rings. The molecule has 1 saturated heterocycles. The first-order chi connectivity index (χ1) is 8.47. The molecule has 3 amide bonds. The SMILES string of the molecule is NC(=O)c1ccc(N2CC(=O)NC(=O)C2)c(N)c1. The maximum Gasteiger partial charge on any atom is 0.248 e. The molecule has 5 N–H and O–H groups in total. The van der Waals surface area contributed by atoms with Crippen LogP contribution in [0.1, 0.15) is 10.4 Å². The van der Waals surface area contributed by atoms with Gasteiger partial charge in [0.05, 0.1) is 24.5 Å². The Bertz CT molecular complexity index is 525. The van der Waals surface area contributed by atoms with Crippen LogP contribution in [0.5, 0.6) is 0 Å². The van der Waals surface area contributed by atoms with Crippen molar-refractivity contribution in [3.05, 3.63) is 23.8 Å². The fourth-order valence-corrected chi connectivity index (χ4v) is 1.80. The van der Waals surface area contributed by atoms with E-state index in [0.717, 1.165) is 0 Å². The Morgan fingerprint density at radius 3 is 2.33 bits per heavy atom. The molecule has 0 radical (unpaired) electrons. The van der Waals surface area contributed by atoms with E-state index >= 15 is 0 Å². The van der Waals surface area contributed by atoms with Crippen molar-refractivity contribution in [3.63, 3.8) is 0 Å². The summed E-state index contributed by atoms with van der Waals surface area (Å²) in [6.07, 6.45) is 0. The van der Waals surface area contributed by atoms with Gasteiger partial charge in [-0.15, -0.1) is 0 Å². The van der Waals surface area contributed by atoms with E-state index in [9.17, 15) is 14.4 Å². The molecule has 2 rings (SSSR count). The van der Waals surface area contributed by atoms with E-state index in [1.54, 1.807) is 11.0 Å². The molecule has 7 nitrogen and oxygen atoms in total. The first kappa shape index (κ1) is 11.9. The Kier molecular flexibility index (Phi) is 2.88. The van der Waals surface area contributed by atoms with Crippen LogP contribution in [-0.4, -0.2) is 30.8 Å². The van der Waals surface area contributed by atoms with Gasteiger partial charge in [-0.1, -0.05) is 0 Å². The standard InChI is InChI=1S/C11H12N4O3/c12-7-3-6(11(13)18)1-2-8(7)15-4-9(16)14-10(17)5-15/h1-3H,4-5,12H2,(H2,13,18)(H,14,16,17). The van der Waals surface area contributed by atoms with Gasteiger partial charge in [-0.05, 0) is 18.2 Å². The molecule has 0 aliphatic carbocycles. The minimum atomic E-state index is -0.583. The van der Waals surface area contributed by atoms with Gasteiger partial charge >= 0.3 is 0 Å². The van der Waals surface area contributed by atoms with Crippen molar-refractivity contribution in [2.75, 3.05) is 23.7 Å². The molecule has 7 heteroatoms. The number of anilines is 2. The van der Waals surface area contributed by atoms with Gasteiger partial charge < -0.3 is 16.4 Å². The molecule has 1 aromatic carbocycles. The summed E-state index contributed by atoms with van der Waals surface area (Å²) in [5.41, 5.74) is 12.0. The normalized spacial score (nSPS) is 15.4. The van der Waals surface area contributed by atoms with Gasteiger partial charge in [0.2, 0.25) is 17.7 Å². The van der Waals surface area contributed by atoms with Gasteiger partial charge in [-0.3, -0.25) is 19.7 Å². The van der Waals surface area contributed by atoms with Crippen LogP contribution < -0.4 is 21.7 Å². The lowest BCUT2D eigenvalue weighted by molar-refractivity contribution is -0.130. The lowest BCUT2D eigenvalue weighted by atomic mass is 10.1. The zero-order chi connectivity index (χ0) is 13.3. The maximum absolute atomic E-state index is 11.3. The Balaban J connectivity index is 2.31. The van der Waals surface area contributed by atoms with Crippen LogP contribution in [0.4, 0.5) is 11.4 Å². The molecule has 0 aromatic heterocycles. The molecule has 0 spiro atoms. The number of hydrogen-bond acceptors (Lipinski definition) is 5. The highest BCUT2D eigenvalue weighted by Gasteiger charge is 2.24. The second kappa shape index (κ2) is 4.36. The number of hydrogen-bond donors (Lipinski definition) is 3. The zero-order valence-corrected chi connectivity index (χ0v) is 9.47. The first-order valence-electron chi connectivity index (χ1n) is 5.24. The van der Waals surface area contributed by atoms with Crippen LogP contribution in [0.2, 0.25) is 0 Å². The maximum atomic E-state index is 11.3. The molecule has 0 bridgehead atoms. The van der Waals surface area contributed by atoms with Gasteiger partial charge in [0.25, 0.3) is 0 Å². The highest BCUT2D eigenvalue weighted by molar-refractivity contribution is 6.03. The minimum Gasteiger partial charge on any atom is -0.397 e. The summed E-state index contributed by atoms with van der Waals surface area (Å²) in [4.78, 5) is 35.0. The summed E-state index contributed by atoms with van der Waals surface area (Å²) in [6.45, 7) is 0.0950. The lowest BCUT2D eigenvalue weighted by Gasteiger charge is -2.28. The summed E-state index contributed by atoms with van der Waals surface area (Å²) < 4.78 is 0. The molecule has 0 saturated carbocycles. The predicted molar refractivity (Wildman–Crippen MR) is 64.7 cm³/mol. The van der Waals surface area contributed by atoms with Crippen molar-refractivity contribution in [1.29, 1.82) is 0 Å². The van der Waals surface area contributed by atoms with Gasteiger partial charge in [0.1, 0.15) is 0 Å². The highest BCUT2D eigenvalue weighted by atomic mass is 16.2. The number of amides is 3. The monoisotopic (exact) mass is 248 g/mol. The number of piperazine rings is 1. The molecule has 1 aliphatic heterocycles. The molecule has 0 atom stereocenters. The van der Waals surface area contributed by atoms with Crippen molar-refractivity contribution in [1.82, 2.24) is 5.32 Å². The third-order valence-corrected chi connectivity index (χ3v) is 2.60.